The number of carbonyl (C=O) groups is 1. The van der Waals surface area contributed by atoms with Crippen LogP contribution in [0.4, 0.5) is 0 Å². The Morgan fingerprint density at radius 2 is 1.80 bits per heavy atom. The summed E-state index contributed by atoms with van der Waals surface area (Å²) in [6, 6.07) is 3.02. The highest BCUT2D eigenvalue weighted by atomic mass is 32.2. The third-order valence-corrected chi connectivity index (χ3v) is 2.80. The van der Waals surface area contributed by atoms with Gasteiger partial charge in [0.2, 0.25) is 0 Å². The lowest BCUT2D eigenvalue weighted by molar-refractivity contribution is -0.107. The van der Waals surface area contributed by atoms with Crippen LogP contribution in [0.25, 0.3) is 0 Å². The Bertz CT molecular complexity index is 478. The van der Waals surface area contributed by atoms with Crippen molar-refractivity contribution in [2.24, 2.45) is 0 Å². The number of phenols is 2. The van der Waals surface area contributed by atoms with Gasteiger partial charge < -0.3 is 15.0 Å². The maximum atomic E-state index is 10.7. The smallest absolute Gasteiger partial charge is 0.278 e. The maximum Gasteiger partial charge on any atom is 0.278 e. The molecule has 15 heavy (non-hydrogen) atoms. The van der Waals surface area contributed by atoms with Gasteiger partial charge in [-0.3, -0.25) is 4.55 Å². The predicted octanol–water partition coefficient (Wildman–Crippen LogP) is 0.226. The topological polar surface area (TPSA) is 112 Å². The summed E-state index contributed by atoms with van der Waals surface area (Å²) < 4.78 is 30.2. The van der Waals surface area contributed by atoms with Gasteiger partial charge in [0.05, 0.1) is 0 Å². The fourth-order valence-corrected chi connectivity index (χ4v) is 1.67. The molecule has 1 atom stereocenters. The Kier molecular flexibility index (Phi) is 2.96. The van der Waals surface area contributed by atoms with Gasteiger partial charge in [-0.05, 0) is 17.7 Å². The van der Waals surface area contributed by atoms with E-state index in [-0.39, 0.29) is 11.8 Å². The summed E-state index contributed by atoms with van der Waals surface area (Å²) in [4.78, 5) is 10.5. The van der Waals surface area contributed by atoms with E-state index in [0.29, 0.717) is 0 Å². The van der Waals surface area contributed by atoms with Crippen LogP contribution in [0.3, 0.4) is 0 Å². The Labute approximate surface area is 85.5 Å². The minimum atomic E-state index is -4.56. The molecule has 1 aromatic rings. The zero-order valence-corrected chi connectivity index (χ0v) is 8.18. The van der Waals surface area contributed by atoms with Crippen molar-refractivity contribution in [1.29, 1.82) is 0 Å². The minimum absolute atomic E-state index is 0.0289. The molecule has 0 fully saturated rings. The maximum absolute atomic E-state index is 10.7. The van der Waals surface area contributed by atoms with Crippen molar-refractivity contribution in [2.45, 2.75) is 5.25 Å². The van der Waals surface area contributed by atoms with Crippen LogP contribution >= 0.6 is 0 Å². The third kappa shape index (κ3) is 2.45. The van der Waals surface area contributed by atoms with Gasteiger partial charge in [-0.2, -0.15) is 8.42 Å². The summed E-state index contributed by atoms with van der Waals surface area (Å²) in [5.74, 6) is -1.01. The zero-order chi connectivity index (χ0) is 11.6. The first-order chi connectivity index (χ1) is 6.86. The summed E-state index contributed by atoms with van der Waals surface area (Å²) in [6.07, 6.45) is 0.0289. The lowest BCUT2D eigenvalue weighted by Crippen LogP contribution is -2.13. The van der Waals surface area contributed by atoms with Crippen LogP contribution in [0, 0.1) is 0 Å². The van der Waals surface area contributed by atoms with Crippen molar-refractivity contribution in [3.63, 3.8) is 0 Å². The Balaban J connectivity index is 3.26. The molecule has 0 spiro atoms. The Hall–Kier alpha value is -1.60. The number of hydrogen-bond donors (Lipinski definition) is 3. The number of phenolic OH excluding ortho intramolecular Hbond substituents is 2. The molecule has 1 rings (SSSR count). The molecule has 0 amide bonds. The van der Waals surface area contributed by atoms with Crippen LogP contribution in [0.5, 0.6) is 11.5 Å². The molecule has 0 saturated heterocycles. The number of benzene rings is 1. The highest BCUT2D eigenvalue weighted by molar-refractivity contribution is 7.86. The van der Waals surface area contributed by atoms with Gasteiger partial charge in [0, 0.05) is 0 Å². The Morgan fingerprint density at radius 1 is 1.20 bits per heavy atom. The second kappa shape index (κ2) is 3.87. The largest absolute Gasteiger partial charge is 0.504 e. The van der Waals surface area contributed by atoms with Gasteiger partial charge in [-0.25, -0.2) is 0 Å². The third-order valence-electron chi connectivity index (χ3n) is 1.77. The average molecular weight is 232 g/mol. The van der Waals surface area contributed by atoms with E-state index >= 15 is 0 Å². The van der Waals surface area contributed by atoms with Crippen LogP contribution in [0.1, 0.15) is 10.8 Å². The number of hydrogen-bond acceptors (Lipinski definition) is 5. The van der Waals surface area contributed by atoms with E-state index in [1.807, 2.05) is 0 Å². The number of aldehydes is 1. The first-order valence-electron chi connectivity index (χ1n) is 3.79. The van der Waals surface area contributed by atoms with Crippen LogP contribution in [-0.2, 0) is 14.9 Å². The molecule has 0 saturated carbocycles. The first-order valence-corrected chi connectivity index (χ1v) is 5.30. The molecule has 0 aliphatic rings. The highest BCUT2D eigenvalue weighted by Crippen LogP contribution is 2.29. The fourth-order valence-electron chi connectivity index (χ4n) is 1.04. The summed E-state index contributed by atoms with van der Waals surface area (Å²) in [5, 5.41) is 16.3. The zero-order valence-electron chi connectivity index (χ0n) is 7.36. The molecule has 1 unspecified atom stereocenters. The lowest BCUT2D eigenvalue weighted by atomic mass is 10.1. The Morgan fingerprint density at radius 3 is 2.20 bits per heavy atom. The van der Waals surface area contributed by atoms with Crippen molar-refractivity contribution >= 4 is 16.4 Å². The van der Waals surface area contributed by atoms with Crippen molar-refractivity contribution < 1.29 is 28.0 Å². The average Bonchev–Trinajstić information content (AvgIpc) is 2.10. The van der Waals surface area contributed by atoms with Crippen LogP contribution in [-0.4, -0.2) is 29.5 Å². The number of carbonyl (C=O) groups excluding carboxylic acids is 1. The molecule has 0 radical (unpaired) electrons. The first kappa shape index (κ1) is 11.5. The molecule has 82 valence electrons. The molecular weight excluding hydrogens is 224 g/mol. The van der Waals surface area contributed by atoms with E-state index in [1.165, 1.54) is 0 Å². The summed E-state index contributed by atoms with van der Waals surface area (Å²) in [6.45, 7) is 0. The fraction of sp³-hybridized carbons (Fsp3) is 0.125. The molecule has 0 aliphatic carbocycles. The van der Waals surface area contributed by atoms with Gasteiger partial charge >= 0.3 is 0 Å². The summed E-state index contributed by atoms with van der Waals surface area (Å²) >= 11 is 0. The normalized spacial score (nSPS) is 13.4. The molecule has 1 aromatic carbocycles. The number of aromatic hydroxyl groups is 2. The molecule has 6 nitrogen and oxygen atoms in total. The van der Waals surface area contributed by atoms with E-state index in [4.69, 9.17) is 14.8 Å². The molecule has 7 heteroatoms. The quantitative estimate of drug-likeness (QED) is 0.390. The summed E-state index contributed by atoms with van der Waals surface area (Å²) in [7, 11) is -4.56. The van der Waals surface area contributed by atoms with Gasteiger partial charge in [-0.1, -0.05) is 6.07 Å². The second-order valence-electron chi connectivity index (χ2n) is 2.82. The lowest BCUT2D eigenvalue weighted by Gasteiger charge is -2.07. The van der Waals surface area contributed by atoms with Crippen molar-refractivity contribution in [1.82, 2.24) is 0 Å². The van der Waals surface area contributed by atoms with Gasteiger partial charge in [-0.15, -0.1) is 0 Å². The van der Waals surface area contributed by atoms with Crippen molar-refractivity contribution in [3.8, 4) is 11.5 Å². The number of rotatable bonds is 3. The van der Waals surface area contributed by atoms with E-state index in [0.717, 1.165) is 18.2 Å². The minimum Gasteiger partial charge on any atom is -0.504 e. The van der Waals surface area contributed by atoms with Gasteiger partial charge in [0.1, 0.15) is 6.29 Å². The highest BCUT2D eigenvalue weighted by Gasteiger charge is 2.25. The molecule has 0 aromatic heterocycles. The van der Waals surface area contributed by atoms with Crippen LogP contribution in [0.2, 0.25) is 0 Å². The molecular formula is C8H8O6S. The SMILES string of the molecule is O=CC(c1ccc(O)c(O)c1)S(=O)(=O)O. The monoisotopic (exact) mass is 232 g/mol. The predicted molar refractivity (Wildman–Crippen MR) is 50.1 cm³/mol. The van der Waals surface area contributed by atoms with E-state index in [2.05, 4.69) is 0 Å². The molecule has 3 N–H and O–H groups in total. The van der Waals surface area contributed by atoms with Crippen LogP contribution < -0.4 is 0 Å². The van der Waals surface area contributed by atoms with E-state index in [1.54, 1.807) is 0 Å². The summed E-state index contributed by atoms with van der Waals surface area (Å²) in [5.41, 5.74) is -0.122. The standard InChI is InChI=1S/C8H8O6S/c9-4-8(15(12,13)14)5-1-2-6(10)7(11)3-5/h1-4,8,10-11H,(H,12,13,14). The molecule has 0 bridgehead atoms. The van der Waals surface area contributed by atoms with Crippen molar-refractivity contribution in [3.05, 3.63) is 23.8 Å². The molecule has 0 heterocycles. The van der Waals surface area contributed by atoms with Gasteiger partial charge in [0.15, 0.2) is 16.7 Å². The van der Waals surface area contributed by atoms with E-state index in [9.17, 15) is 13.2 Å². The van der Waals surface area contributed by atoms with Crippen molar-refractivity contribution in [2.75, 3.05) is 0 Å². The second-order valence-corrected chi connectivity index (χ2v) is 4.36. The van der Waals surface area contributed by atoms with E-state index < -0.39 is 26.9 Å². The van der Waals surface area contributed by atoms with Crippen LogP contribution in [0.15, 0.2) is 18.2 Å². The molecule has 0 aliphatic heterocycles. The van der Waals surface area contributed by atoms with Gasteiger partial charge in [0.25, 0.3) is 10.1 Å².